The van der Waals surface area contributed by atoms with Crippen molar-refractivity contribution >= 4 is 28.6 Å². The van der Waals surface area contributed by atoms with Crippen LogP contribution in [0, 0.1) is 5.82 Å². The molecule has 3 rings (SSSR count). The van der Waals surface area contributed by atoms with Crippen molar-refractivity contribution < 1.29 is 4.39 Å². The molecule has 1 N–H and O–H groups in total. The van der Waals surface area contributed by atoms with Crippen LogP contribution in [0.2, 0.25) is 4.34 Å². The highest BCUT2D eigenvalue weighted by molar-refractivity contribution is 7.16. The van der Waals surface area contributed by atoms with E-state index in [9.17, 15) is 4.39 Å². The molecular weight excluding hydrogens is 257 g/mol. The number of hydrogen-bond acceptors (Lipinski definition) is 2. The zero-order chi connectivity index (χ0) is 11.8. The Morgan fingerprint density at radius 2 is 2.24 bits per heavy atom. The molecule has 0 radical (unpaired) electrons. The SMILES string of the molecule is Fc1cccc(NC2CCc3sc(Cl)cc32)c1. The van der Waals surface area contributed by atoms with Gasteiger partial charge in [0.1, 0.15) is 5.82 Å². The van der Waals surface area contributed by atoms with E-state index in [1.807, 2.05) is 12.1 Å². The van der Waals surface area contributed by atoms with E-state index in [0.717, 1.165) is 22.9 Å². The van der Waals surface area contributed by atoms with Crippen molar-refractivity contribution in [2.75, 3.05) is 5.32 Å². The van der Waals surface area contributed by atoms with E-state index in [-0.39, 0.29) is 11.9 Å². The number of thiophene rings is 1. The van der Waals surface area contributed by atoms with Crippen LogP contribution in [0.1, 0.15) is 22.9 Å². The smallest absolute Gasteiger partial charge is 0.125 e. The summed E-state index contributed by atoms with van der Waals surface area (Å²) in [5, 5.41) is 3.36. The summed E-state index contributed by atoms with van der Waals surface area (Å²) in [4.78, 5) is 1.35. The zero-order valence-electron chi connectivity index (χ0n) is 9.04. The molecular formula is C13H11ClFNS. The maximum Gasteiger partial charge on any atom is 0.125 e. The molecule has 1 aromatic heterocycles. The summed E-state index contributed by atoms with van der Waals surface area (Å²) in [6.45, 7) is 0. The highest BCUT2D eigenvalue weighted by Crippen LogP contribution is 2.40. The molecule has 0 saturated heterocycles. The Balaban J connectivity index is 1.83. The van der Waals surface area contributed by atoms with E-state index in [1.165, 1.54) is 22.6 Å². The third kappa shape index (κ3) is 2.17. The number of halogens is 2. The Morgan fingerprint density at radius 3 is 3.06 bits per heavy atom. The minimum atomic E-state index is -0.212. The van der Waals surface area contributed by atoms with Gasteiger partial charge in [0.2, 0.25) is 0 Å². The van der Waals surface area contributed by atoms with E-state index < -0.39 is 0 Å². The molecule has 0 amide bonds. The van der Waals surface area contributed by atoms with Crippen LogP contribution in [0.25, 0.3) is 0 Å². The van der Waals surface area contributed by atoms with Crippen molar-refractivity contribution in [3.8, 4) is 0 Å². The van der Waals surface area contributed by atoms with Crippen LogP contribution in [0.4, 0.5) is 10.1 Å². The molecule has 0 fully saturated rings. The van der Waals surface area contributed by atoms with Crippen LogP contribution in [0.15, 0.2) is 30.3 Å². The molecule has 1 nitrogen and oxygen atoms in total. The zero-order valence-corrected chi connectivity index (χ0v) is 10.6. The largest absolute Gasteiger partial charge is 0.378 e. The number of fused-ring (bicyclic) bond motifs is 1. The summed E-state index contributed by atoms with van der Waals surface area (Å²) in [7, 11) is 0. The van der Waals surface area contributed by atoms with Crippen LogP contribution >= 0.6 is 22.9 Å². The highest BCUT2D eigenvalue weighted by Gasteiger charge is 2.24. The molecule has 1 unspecified atom stereocenters. The number of benzene rings is 1. The van der Waals surface area contributed by atoms with Crippen molar-refractivity contribution in [1.29, 1.82) is 0 Å². The molecule has 4 heteroatoms. The minimum absolute atomic E-state index is 0.212. The second kappa shape index (κ2) is 4.31. The lowest BCUT2D eigenvalue weighted by atomic mass is 10.1. The van der Waals surface area contributed by atoms with Gasteiger partial charge in [0.25, 0.3) is 0 Å². The molecule has 1 heterocycles. The van der Waals surface area contributed by atoms with E-state index in [0.29, 0.717) is 0 Å². The van der Waals surface area contributed by atoms with Gasteiger partial charge in [-0.1, -0.05) is 17.7 Å². The Bertz CT molecular complexity index is 552. The number of hydrogen-bond donors (Lipinski definition) is 1. The van der Waals surface area contributed by atoms with Crippen LogP contribution in [-0.2, 0) is 6.42 Å². The number of aryl methyl sites for hydroxylation is 1. The van der Waals surface area contributed by atoms with Crippen molar-refractivity contribution in [2.24, 2.45) is 0 Å². The lowest BCUT2D eigenvalue weighted by Crippen LogP contribution is -2.06. The molecule has 0 bridgehead atoms. The summed E-state index contributed by atoms with van der Waals surface area (Å²) < 4.78 is 13.9. The molecule has 88 valence electrons. The average Bonchev–Trinajstić information content (AvgIpc) is 2.80. The number of nitrogens with one attached hydrogen (secondary N) is 1. The minimum Gasteiger partial charge on any atom is -0.378 e. The van der Waals surface area contributed by atoms with E-state index in [2.05, 4.69) is 5.32 Å². The first-order chi connectivity index (χ1) is 8.22. The second-order valence-corrected chi connectivity index (χ2v) is 5.94. The summed E-state index contributed by atoms with van der Waals surface area (Å²) in [5.74, 6) is -0.212. The van der Waals surface area contributed by atoms with E-state index in [1.54, 1.807) is 17.4 Å². The molecule has 2 aromatic rings. The topological polar surface area (TPSA) is 12.0 Å². The number of anilines is 1. The van der Waals surface area contributed by atoms with Crippen molar-refractivity contribution in [1.82, 2.24) is 0 Å². The van der Waals surface area contributed by atoms with Crippen molar-refractivity contribution in [2.45, 2.75) is 18.9 Å². The van der Waals surface area contributed by atoms with Crippen LogP contribution in [0.3, 0.4) is 0 Å². The molecule has 1 aromatic carbocycles. The molecule has 1 aliphatic rings. The Kier molecular flexibility index (Phi) is 2.81. The fraction of sp³-hybridized carbons (Fsp3) is 0.231. The van der Waals surface area contributed by atoms with Crippen molar-refractivity contribution in [3.05, 3.63) is 50.9 Å². The van der Waals surface area contributed by atoms with Gasteiger partial charge in [-0.25, -0.2) is 4.39 Å². The fourth-order valence-electron chi connectivity index (χ4n) is 2.26. The standard InChI is InChI=1S/C13H11ClFNS/c14-13-7-10-11(4-5-12(10)17-13)16-9-3-1-2-8(15)6-9/h1-3,6-7,11,16H,4-5H2. The monoisotopic (exact) mass is 267 g/mol. The van der Waals surface area contributed by atoms with Gasteiger partial charge in [-0.15, -0.1) is 11.3 Å². The molecule has 1 aliphatic carbocycles. The van der Waals surface area contributed by atoms with Gasteiger partial charge < -0.3 is 5.32 Å². The maximum absolute atomic E-state index is 13.1. The fourth-order valence-corrected chi connectivity index (χ4v) is 3.62. The summed E-state index contributed by atoms with van der Waals surface area (Å²) in [6, 6.07) is 8.85. The molecule has 1 atom stereocenters. The first-order valence-corrected chi connectivity index (χ1v) is 6.72. The predicted molar refractivity (Wildman–Crippen MR) is 70.4 cm³/mol. The first kappa shape index (κ1) is 11.1. The molecule has 0 saturated carbocycles. The molecule has 0 spiro atoms. The average molecular weight is 268 g/mol. The first-order valence-electron chi connectivity index (χ1n) is 5.52. The molecule has 0 aliphatic heterocycles. The Labute approximate surface area is 108 Å². The number of rotatable bonds is 2. The summed E-state index contributed by atoms with van der Waals surface area (Å²) >= 11 is 7.65. The lowest BCUT2D eigenvalue weighted by molar-refractivity contribution is 0.627. The van der Waals surface area contributed by atoms with Crippen LogP contribution in [-0.4, -0.2) is 0 Å². The van der Waals surface area contributed by atoms with Gasteiger partial charge in [0.05, 0.1) is 10.4 Å². The van der Waals surface area contributed by atoms with Gasteiger partial charge in [-0.05, 0) is 42.7 Å². The maximum atomic E-state index is 13.1. The highest BCUT2D eigenvalue weighted by atomic mass is 35.5. The normalized spacial score (nSPS) is 18.1. The van der Waals surface area contributed by atoms with Crippen LogP contribution < -0.4 is 5.32 Å². The summed E-state index contributed by atoms with van der Waals surface area (Å²) in [6.07, 6.45) is 2.11. The van der Waals surface area contributed by atoms with E-state index in [4.69, 9.17) is 11.6 Å². The van der Waals surface area contributed by atoms with Gasteiger partial charge in [-0.2, -0.15) is 0 Å². The van der Waals surface area contributed by atoms with Gasteiger partial charge in [0, 0.05) is 10.6 Å². The second-order valence-electron chi connectivity index (χ2n) is 4.17. The Morgan fingerprint density at radius 1 is 1.35 bits per heavy atom. The van der Waals surface area contributed by atoms with E-state index >= 15 is 0 Å². The molecule has 17 heavy (non-hydrogen) atoms. The van der Waals surface area contributed by atoms with Crippen LogP contribution in [0.5, 0.6) is 0 Å². The van der Waals surface area contributed by atoms with Crippen molar-refractivity contribution in [3.63, 3.8) is 0 Å². The van der Waals surface area contributed by atoms with Gasteiger partial charge in [0.15, 0.2) is 0 Å². The predicted octanol–water partition coefficient (Wildman–Crippen LogP) is 4.64. The Hall–Kier alpha value is -1.06. The van der Waals surface area contributed by atoms with Gasteiger partial charge >= 0.3 is 0 Å². The summed E-state index contributed by atoms with van der Waals surface area (Å²) in [5.41, 5.74) is 2.09. The quantitative estimate of drug-likeness (QED) is 0.836. The lowest BCUT2D eigenvalue weighted by Gasteiger charge is -2.14. The van der Waals surface area contributed by atoms with Gasteiger partial charge in [-0.3, -0.25) is 0 Å². The third-order valence-corrected chi connectivity index (χ3v) is 4.35. The third-order valence-electron chi connectivity index (χ3n) is 3.01.